The summed E-state index contributed by atoms with van der Waals surface area (Å²) < 4.78 is 33.3. The Kier molecular flexibility index (Phi) is 8.49. The number of carbonyl (C=O) groups excluding carboxylic acids is 1. The topological polar surface area (TPSA) is 84.5 Å². The largest absolute Gasteiger partial charge is 0.482 e. The summed E-state index contributed by atoms with van der Waals surface area (Å²) in [5.74, 6) is -0.0868. The quantitative estimate of drug-likeness (QED) is 0.424. The van der Waals surface area contributed by atoms with Gasteiger partial charge in [0.25, 0.3) is 5.91 Å². The van der Waals surface area contributed by atoms with Gasteiger partial charge < -0.3 is 10.1 Å². The Morgan fingerprint density at radius 1 is 0.939 bits per heavy atom. The van der Waals surface area contributed by atoms with E-state index in [9.17, 15) is 13.2 Å². The third-order valence-electron chi connectivity index (χ3n) is 5.14. The van der Waals surface area contributed by atoms with Gasteiger partial charge in [0.15, 0.2) is 6.61 Å². The van der Waals surface area contributed by atoms with Gasteiger partial charge in [-0.25, -0.2) is 13.1 Å². The van der Waals surface area contributed by atoms with Gasteiger partial charge in [-0.05, 0) is 47.7 Å². The summed E-state index contributed by atoms with van der Waals surface area (Å²) in [4.78, 5) is 12.5. The predicted molar refractivity (Wildman–Crippen MR) is 131 cm³/mol. The van der Waals surface area contributed by atoms with Crippen molar-refractivity contribution in [2.75, 3.05) is 11.9 Å². The molecule has 0 aliphatic carbocycles. The molecule has 33 heavy (non-hydrogen) atoms. The fraction of sp³-hybridized carbons (Fsp3) is 0.240. The number of hydrogen-bond donors (Lipinski definition) is 2. The molecule has 0 aliphatic rings. The first-order valence-electron chi connectivity index (χ1n) is 10.7. The van der Waals surface area contributed by atoms with E-state index in [4.69, 9.17) is 16.3 Å². The van der Waals surface area contributed by atoms with Crippen molar-refractivity contribution in [1.82, 2.24) is 4.72 Å². The highest BCUT2D eigenvalue weighted by Crippen LogP contribution is 2.28. The highest BCUT2D eigenvalue weighted by molar-refractivity contribution is 7.89. The van der Waals surface area contributed by atoms with Crippen molar-refractivity contribution >= 4 is 33.2 Å². The molecule has 3 rings (SSSR count). The third-order valence-corrected chi connectivity index (χ3v) is 6.84. The molecule has 0 heterocycles. The minimum absolute atomic E-state index is 0.0182. The number of para-hydroxylation sites is 1. The fourth-order valence-corrected chi connectivity index (χ4v) is 4.69. The van der Waals surface area contributed by atoms with Gasteiger partial charge in [-0.2, -0.15) is 0 Å². The standard InChI is InChI=1S/C25H27ClN2O4S/c1-3-19-11-8-12-20(4-2)25(19)28-24(29)17-32-23-14-13-21(15-22(23)26)33(30,31)27-16-18-9-6-5-7-10-18/h5-15,27H,3-4,16-17H2,1-2H3,(H,28,29). The Morgan fingerprint density at radius 2 is 1.61 bits per heavy atom. The number of benzene rings is 3. The van der Waals surface area contributed by atoms with Crippen molar-refractivity contribution in [3.05, 3.63) is 88.4 Å². The molecular weight excluding hydrogens is 460 g/mol. The van der Waals surface area contributed by atoms with Crippen LogP contribution in [0.5, 0.6) is 5.75 Å². The minimum atomic E-state index is -3.75. The van der Waals surface area contributed by atoms with Crippen LogP contribution in [0.15, 0.2) is 71.6 Å². The highest BCUT2D eigenvalue weighted by atomic mass is 35.5. The SMILES string of the molecule is CCc1cccc(CC)c1NC(=O)COc1ccc(S(=O)(=O)NCc2ccccc2)cc1Cl. The first-order chi connectivity index (χ1) is 15.8. The number of amides is 1. The Hall–Kier alpha value is -2.87. The van der Waals surface area contributed by atoms with Crippen molar-refractivity contribution in [3.8, 4) is 5.75 Å². The van der Waals surface area contributed by atoms with Crippen LogP contribution >= 0.6 is 11.6 Å². The van der Waals surface area contributed by atoms with Crippen LogP contribution in [-0.2, 0) is 34.2 Å². The molecule has 0 spiro atoms. The lowest BCUT2D eigenvalue weighted by atomic mass is 10.0. The minimum Gasteiger partial charge on any atom is -0.482 e. The van der Waals surface area contributed by atoms with Gasteiger partial charge in [-0.15, -0.1) is 0 Å². The molecule has 0 unspecified atom stereocenters. The summed E-state index contributed by atoms with van der Waals surface area (Å²) in [6.07, 6.45) is 1.59. The van der Waals surface area contributed by atoms with Crippen LogP contribution in [0, 0.1) is 0 Å². The Balaban J connectivity index is 1.63. The second-order valence-electron chi connectivity index (χ2n) is 7.40. The molecule has 0 saturated heterocycles. The van der Waals surface area contributed by atoms with Crippen LogP contribution in [-0.4, -0.2) is 20.9 Å². The van der Waals surface area contributed by atoms with Gasteiger partial charge in [-0.3, -0.25) is 4.79 Å². The van der Waals surface area contributed by atoms with Crippen LogP contribution in [0.1, 0.15) is 30.5 Å². The van der Waals surface area contributed by atoms with Crippen LogP contribution in [0.4, 0.5) is 5.69 Å². The Bertz CT molecular complexity index is 1190. The van der Waals surface area contributed by atoms with Crippen molar-refractivity contribution in [2.45, 2.75) is 38.1 Å². The zero-order valence-electron chi connectivity index (χ0n) is 18.6. The molecule has 174 valence electrons. The number of hydrogen-bond acceptors (Lipinski definition) is 4. The summed E-state index contributed by atoms with van der Waals surface area (Å²) in [6.45, 7) is 3.98. The van der Waals surface area contributed by atoms with Gasteiger partial charge in [0.2, 0.25) is 10.0 Å². The molecule has 0 aliphatic heterocycles. The van der Waals surface area contributed by atoms with Gasteiger partial charge in [0.1, 0.15) is 5.75 Å². The molecular formula is C25H27ClN2O4S. The number of halogens is 1. The molecule has 8 heteroatoms. The van der Waals surface area contributed by atoms with Gasteiger partial charge in [-0.1, -0.05) is 74.0 Å². The van der Waals surface area contributed by atoms with Gasteiger partial charge in [0.05, 0.1) is 9.92 Å². The van der Waals surface area contributed by atoms with E-state index in [1.165, 1.54) is 18.2 Å². The van der Waals surface area contributed by atoms with Crippen LogP contribution in [0.3, 0.4) is 0 Å². The third kappa shape index (κ3) is 6.57. The van der Waals surface area contributed by atoms with Crippen molar-refractivity contribution < 1.29 is 17.9 Å². The second-order valence-corrected chi connectivity index (χ2v) is 9.57. The molecule has 0 fully saturated rings. The van der Waals surface area contributed by atoms with Gasteiger partial charge >= 0.3 is 0 Å². The molecule has 0 saturated carbocycles. The fourth-order valence-electron chi connectivity index (χ4n) is 3.35. The Morgan fingerprint density at radius 3 is 2.21 bits per heavy atom. The monoisotopic (exact) mass is 486 g/mol. The van der Waals surface area contributed by atoms with Crippen LogP contribution in [0.2, 0.25) is 5.02 Å². The lowest BCUT2D eigenvalue weighted by Crippen LogP contribution is -2.23. The maximum atomic E-state index is 12.6. The Labute approximate surface area is 200 Å². The summed E-state index contributed by atoms with van der Waals surface area (Å²) in [6, 6.07) is 19.3. The van der Waals surface area contributed by atoms with Gasteiger partial charge in [0, 0.05) is 12.2 Å². The van der Waals surface area contributed by atoms with E-state index in [1.807, 2.05) is 62.4 Å². The summed E-state index contributed by atoms with van der Waals surface area (Å²) in [5.41, 5.74) is 3.76. The number of aryl methyl sites for hydroxylation is 2. The van der Waals surface area contributed by atoms with E-state index >= 15 is 0 Å². The van der Waals surface area contributed by atoms with Crippen molar-refractivity contribution in [3.63, 3.8) is 0 Å². The van der Waals surface area contributed by atoms with Crippen LogP contribution in [0.25, 0.3) is 0 Å². The average Bonchev–Trinajstić information content (AvgIpc) is 2.82. The lowest BCUT2D eigenvalue weighted by Gasteiger charge is -2.15. The molecule has 0 atom stereocenters. The smallest absolute Gasteiger partial charge is 0.262 e. The van der Waals surface area contributed by atoms with E-state index in [-0.39, 0.29) is 34.7 Å². The molecule has 0 aromatic heterocycles. The van der Waals surface area contributed by atoms with Crippen LogP contribution < -0.4 is 14.8 Å². The second kappa shape index (κ2) is 11.3. The first kappa shape index (κ1) is 24.8. The maximum Gasteiger partial charge on any atom is 0.262 e. The number of carbonyl (C=O) groups is 1. The van der Waals surface area contributed by atoms with E-state index < -0.39 is 10.0 Å². The highest BCUT2D eigenvalue weighted by Gasteiger charge is 2.17. The number of ether oxygens (including phenoxy) is 1. The van der Waals surface area contributed by atoms with E-state index in [1.54, 1.807) is 0 Å². The van der Waals surface area contributed by atoms with E-state index in [0.29, 0.717) is 0 Å². The first-order valence-corrected chi connectivity index (χ1v) is 12.6. The lowest BCUT2D eigenvalue weighted by molar-refractivity contribution is -0.118. The molecule has 2 N–H and O–H groups in total. The number of nitrogens with one attached hydrogen (secondary N) is 2. The molecule has 0 radical (unpaired) electrons. The normalized spacial score (nSPS) is 11.2. The molecule has 6 nitrogen and oxygen atoms in total. The number of anilines is 1. The number of sulfonamides is 1. The zero-order chi connectivity index (χ0) is 23.8. The van der Waals surface area contributed by atoms with Crippen molar-refractivity contribution in [1.29, 1.82) is 0 Å². The predicted octanol–water partition coefficient (Wildman–Crippen LogP) is 4.96. The summed E-state index contributed by atoms with van der Waals surface area (Å²) >= 11 is 6.24. The molecule has 1 amide bonds. The maximum absolute atomic E-state index is 12.6. The molecule has 3 aromatic rings. The summed E-state index contributed by atoms with van der Waals surface area (Å²) in [7, 11) is -3.75. The zero-order valence-corrected chi connectivity index (χ0v) is 20.2. The molecule has 3 aromatic carbocycles. The summed E-state index contributed by atoms with van der Waals surface area (Å²) in [5, 5.41) is 3.03. The van der Waals surface area contributed by atoms with Crippen molar-refractivity contribution in [2.24, 2.45) is 0 Å². The molecule has 0 bridgehead atoms. The number of rotatable bonds is 10. The average molecular weight is 487 g/mol. The van der Waals surface area contributed by atoms with E-state index in [2.05, 4.69) is 10.0 Å². The van der Waals surface area contributed by atoms with E-state index in [0.717, 1.165) is 35.2 Å².